The molecule has 0 heterocycles. The molecule has 0 saturated heterocycles. The van der Waals surface area contributed by atoms with Gasteiger partial charge in [-0.3, -0.25) is 4.79 Å². The van der Waals surface area contributed by atoms with Gasteiger partial charge in [0.1, 0.15) is 5.82 Å². The lowest BCUT2D eigenvalue weighted by Crippen LogP contribution is -2.39. The minimum atomic E-state index is -0.232. The summed E-state index contributed by atoms with van der Waals surface area (Å²) in [5.74, 6) is 0.724. The Hall–Kier alpha value is -1.42. The molecule has 3 nitrogen and oxygen atoms in total. The quantitative estimate of drug-likeness (QED) is 0.872. The molecule has 0 aromatic heterocycles. The highest BCUT2D eigenvalue weighted by Crippen LogP contribution is 2.37. The Kier molecular flexibility index (Phi) is 5.31. The van der Waals surface area contributed by atoms with Gasteiger partial charge in [0.05, 0.1) is 6.04 Å². The number of carbonyl (C=O) groups excluding carboxylic acids is 1. The average molecular weight is 318 g/mol. The monoisotopic (exact) mass is 318 g/mol. The highest BCUT2D eigenvalue weighted by molar-refractivity contribution is 5.79. The van der Waals surface area contributed by atoms with Crippen molar-refractivity contribution in [2.75, 3.05) is 6.54 Å². The second-order valence-electron chi connectivity index (χ2n) is 7.12. The molecule has 23 heavy (non-hydrogen) atoms. The third-order valence-corrected chi connectivity index (χ3v) is 5.70. The summed E-state index contributed by atoms with van der Waals surface area (Å²) < 4.78 is 13.2. The van der Waals surface area contributed by atoms with E-state index in [9.17, 15) is 9.18 Å². The van der Waals surface area contributed by atoms with E-state index >= 15 is 0 Å². The summed E-state index contributed by atoms with van der Waals surface area (Å²) in [5.41, 5.74) is 6.84. The first-order chi connectivity index (χ1) is 11.2. The van der Waals surface area contributed by atoms with Crippen LogP contribution in [0.5, 0.6) is 0 Å². The summed E-state index contributed by atoms with van der Waals surface area (Å²) in [6.07, 6.45) is 7.78. The number of amides is 1. The first kappa shape index (κ1) is 16.4. The van der Waals surface area contributed by atoms with Gasteiger partial charge in [0.2, 0.25) is 5.91 Å². The molecule has 3 atom stereocenters. The van der Waals surface area contributed by atoms with Crippen LogP contribution < -0.4 is 11.1 Å². The van der Waals surface area contributed by atoms with Crippen LogP contribution in [0.3, 0.4) is 0 Å². The topological polar surface area (TPSA) is 55.1 Å². The Morgan fingerprint density at radius 3 is 2.48 bits per heavy atom. The maximum absolute atomic E-state index is 13.2. The van der Waals surface area contributed by atoms with Crippen LogP contribution in [0, 0.1) is 23.6 Å². The molecule has 126 valence electrons. The van der Waals surface area contributed by atoms with E-state index in [1.165, 1.54) is 25.0 Å². The molecule has 1 amide bonds. The van der Waals surface area contributed by atoms with Gasteiger partial charge in [0, 0.05) is 5.92 Å². The fourth-order valence-corrected chi connectivity index (χ4v) is 4.36. The van der Waals surface area contributed by atoms with Crippen LogP contribution in [0.4, 0.5) is 4.39 Å². The molecule has 1 unspecified atom stereocenters. The lowest BCUT2D eigenvalue weighted by molar-refractivity contribution is -0.127. The molecule has 1 aromatic carbocycles. The summed E-state index contributed by atoms with van der Waals surface area (Å²) in [7, 11) is 0. The van der Waals surface area contributed by atoms with Crippen LogP contribution in [-0.2, 0) is 4.79 Å². The van der Waals surface area contributed by atoms with Gasteiger partial charge in [-0.15, -0.1) is 0 Å². The van der Waals surface area contributed by atoms with E-state index in [0.717, 1.165) is 37.7 Å². The van der Waals surface area contributed by atoms with Crippen molar-refractivity contribution in [2.45, 2.75) is 51.0 Å². The van der Waals surface area contributed by atoms with E-state index in [4.69, 9.17) is 5.73 Å². The fraction of sp³-hybridized carbons (Fsp3) is 0.632. The summed E-state index contributed by atoms with van der Waals surface area (Å²) in [6.45, 7) is 0.586. The third-order valence-electron chi connectivity index (χ3n) is 5.70. The van der Waals surface area contributed by atoms with Crippen LogP contribution >= 0.6 is 0 Å². The van der Waals surface area contributed by atoms with E-state index in [2.05, 4.69) is 5.32 Å². The average Bonchev–Trinajstić information content (AvgIpc) is 3.24. The Morgan fingerprint density at radius 2 is 1.83 bits per heavy atom. The van der Waals surface area contributed by atoms with Crippen LogP contribution in [0.15, 0.2) is 24.3 Å². The number of nitrogens with one attached hydrogen (secondary N) is 1. The number of benzene rings is 1. The number of hydrogen-bond acceptors (Lipinski definition) is 2. The Balaban J connectivity index is 1.75. The SMILES string of the molecule is NC[C@H]1CCC[C@H]1C(=O)NC(c1ccc(F)cc1)C1CCCC1. The Morgan fingerprint density at radius 1 is 1.13 bits per heavy atom. The summed E-state index contributed by atoms with van der Waals surface area (Å²) in [6, 6.07) is 6.61. The molecule has 4 heteroatoms. The minimum Gasteiger partial charge on any atom is -0.349 e. The van der Waals surface area contributed by atoms with Gasteiger partial charge in [-0.25, -0.2) is 4.39 Å². The number of halogens is 1. The first-order valence-corrected chi connectivity index (χ1v) is 8.95. The molecule has 2 fully saturated rings. The maximum Gasteiger partial charge on any atom is 0.223 e. The zero-order chi connectivity index (χ0) is 16.2. The molecule has 3 rings (SSSR count). The zero-order valence-corrected chi connectivity index (χ0v) is 13.6. The molecule has 0 spiro atoms. The normalized spacial score (nSPS) is 26.3. The standard InChI is InChI=1S/C19H27FN2O/c20-16-10-8-14(9-11-16)18(13-4-1-2-5-13)22-19(23)17-7-3-6-15(17)12-21/h8-11,13,15,17-18H,1-7,12,21H2,(H,22,23)/t15-,17-,18?/m1/s1. The van der Waals surface area contributed by atoms with Crippen molar-refractivity contribution in [3.8, 4) is 0 Å². The molecular weight excluding hydrogens is 291 g/mol. The van der Waals surface area contributed by atoms with Crippen LogP contribution in [-0.4, -0.2) is 12.5 Å². The lowest BCUT2D eigenvalue weighted by atomic mass is 9.89. The molecule has 3 N–H and O–H groups in total. The van der Waals surface area contributed by atoms with Gasteiger partial charge in [-0.2, -0.15) is 0 Å². The van der Waals surface area contributed by atoms with Crippen molar-refractivity contribution in [3.63, 3.8) is 0 Å². The molecular formula is C19H27FN2O. The Bertz CT molecular complexity index is 525. The minimum absolute atomic E-state index is 0.00428. The van der Waals surface area contributed by atoms with Gasteiger partial charge in [-0.1, -0.05) is 31.4 Å². The fourth-order valence-electron chi connectivity index (χ4n) is 4.36. The molecule has 0 bridgehead atoms. The van der Waals surface area contributed by atoms with Gasteiger partial charge < -0.3 is 11.1 Å². The maximum atomic E-state index is 13.2. The number of nitrogens with two attached hydrogens (primary N) is 1. The van der Waals surface area contributed by atoms with E-state index in [0.29, 0.717) is 18.4 Å². The smallest absolute Gasteiger partial charge is 0.223 e. The molecule has 0 radical (unpaired) electrons. The van der Waals surface area contributed by atoms with Crippen LogP contribution in [0.2, 0.25) is 0 Å². The van der Waals surface area contributed by atoms with E-state index in [-0.39, 0.29) is 23.7 Å². The molecule has 1 aromatic rings. The van der Waals surface area contributed by atoms with E-state index < -0.39 is 0 Å². The van der Waals surface area contributed by atoms with Gasteiger partial charge in [0.15, 0.2) is 0 Å². The van der Waals surface area contributed by atoms with Crippen LogP contribution in [0.25, 0.3) is 0 Å². The van der Waals surface area contributed by atoms with Crippen molar-refractivity contribution in [1.29, 1.82) is 0 Å². The number of hydrogen-bond donors (Lipinski definition) is 2. The molecule has 2 saturated carbocycles. The first-order valence-electron chi connectivity index (χ1n) is 8.95. The van der Waals surface area contributed by atoms with Gasteiger partial charge in [0.25, 0.3) is 0 Å². The lowest BCUT2D eigenvalue weighted by Gasteiger charge is -2.28. The van der Waals surface area contributed by atoms with E-state index in [1.54, 1.807) is 0 Å². The summed E-state index contributed by atoms with van der Waals surface area (Å²) >= 11 is 0. The predicted molar refractivity (Wildman–Crippen MR) is 89.1 cm³/mol. The summed E-state index contributed by atoms with van der Waals surface area (Å²) in [5, 5.41) is 3.28. The van der Waals surface area contributed by atoms with Crippen molar-refractivity contribution in [3.05, 3.63) is 35.6 Å². The molecule has 2 aliphatic carbocycles. The largest absolute Gasteiger partial charge is 0.349 e. The zero-order valence-electron chi connectivity index (χ0n) is 13.6. The molecule has 0 aliphatic heterocycles. The predicted octanol–water partition coefficient (Wildman–Crippen LogP) is 3.55. The third kappa shape index (κ3) is 3.74. The number of carbonyl (C=O) groups is 1. The Labute approximate surface area is 137 Å². The van der Waals surface area contributed by atoms with Crippen LogP contribution in [0.1, 0.15) is 56.6 Å². The summed E-state index contributed by atoms with van der Waals surface area (Å²) in [4.78, 5) is 12.8. The van der Waals surface area contributed by atoms with E-state index in [1.807, 2.05) is 12.1 Å². The van der Waals surface area contributed by atoms with Crippen molar-refractivity contribution in [2.24, 2.45) is 23.5 Å². The van der Waals surface area contributed by atoms with Gasteiger partial charge in [-0.05, 0) is 61.8 Å². The van der Waals surface area contributed by atoms with Gasteiger partial charge >= 0.3 is 0 Å². The van der Waals surface area contributed by atoms with Crippen molar-refractivity contribution >= 4 is 5.91 Å². The number of rotatable bonds is 5. The second-order valence-corrected chi connectivity index (χ2v) is 7.12. The highest BCUT2D eigenvalue weighted by atomic mass is 19.1. The van der Waals surface area contributed by atoms with Crippen molar-refractivity contribution in [1.82, 2.24) is 5.32 Å². The highest BCUT2D eigenvalue weighted by Gasteiger charge is 2.35. The second kappa shape index (κ2) is 7.43. The van der Waals surface area contributed by atoms with Crippen molar-refractivity contribution < 1.29 is 9.18 Å². The molecule has 2 aliphatic rings.